The molecule has 0 unspecified atom stereocenters. The Hall–Kier alpha value is -8.20. The number of amides is 7. The summed E-state index contributed by atoms with van der Waals surface area (Å²) in [6.45, 7) is 3.82. The van der Waals surface area contributed by atoms with Crippen LogP contribution >= 0.6 is 0 Å². The molecule has 3 aromatic carbocycles. The molecule has 0 spiro atoms. The van der Waals surface area contributed by atoms with Gasteiger partial charge < -0.3 is 58.1 Å². The second-order valence-electron chi connectivity index (χ2n) is 17.0. The van der Waals surface area contributed by atoms with Gasteiger partial charge in [-0.2, -0.15) is 0 Å². The minimum Gasteiger partial charge on any atom is -0.455 e. The maximum Gasteiger partial charge on any atom is 0.377 e. The molecule has 370 valence electrons. The van der Waals surface area contributed by atoms with Crippen LogP contribution in [0.4, 0.5) is 0 Å². The number of hydrogen-bond donors (Lipinski definition) is 10. The fourth-order valence-electron chi connectivity index (χ4n) is 7.27. The van der Waals surface area contributed by atoms with Gasteiger partial charge in [0.1, 0.15) is 36.8 Å². The van der Waals surface area contributed by atoms with Gasteiger partial charge in [0.25, 0.3) is 5.78 Å². The highest BCUT2D eigenvalue weighted by Crippen LogP contribution is 2.20. The summed E-state index contributed by atoms with van der Waals surface area (Å²) in [5.74, 6) is -8.18. The molecule has 0 fully saturated rings. The molecule has 21 nitrogen and oxygen atoms in total. The monoisotopic (exact) mass is 961 g/mol. The van der Waals surface area contributed by atoms with Gasteiger partial charge in [-0.25, -0.2) is 9.78 Å². The number of carbonyl (C=O) groups excluding carboxylic acids is 9. The third-order valence-corrected chi connectivity index (χ3v) is 11.1. The molecule has 0 aliphatic rings. The summed E-state index contributed by atoms with van der Waals surface area (Å²) in [4.78, 5) is 129. The van der Waals surface area contributed by atoms with E-state index in [1.807, 2.05) is 24.3 Å². The summed E-state index contributed by atoms with van der Waals surface area (Å²) in [6.07, 6.45) is 3.94. The second-order valence-corrected chi connectivity index (χ2v) is 17.0. The van der Waals surface area contributed by atoms with E-state index in [9.17, 15) is 43.2 Å². The van der Waals surface area contributed by atoms with Crippen LogP contribution in [-0.2, 0) is 73.8 Å². The standard InChI is InChI=1S/C49H59N11O10/c1-28(2)42(48(68)54-25-41(62)57-38(22-33-24-52-27-55-33)43(63)49(69)70-26-31-14-8-5-9-15-31)60-44(64)29(3)56-47(67)39(21-32-23-53-36-17-11-10-16-34(32)36)59-46(66)37(18-19-40(51)61)58-45(65)35(50)20-30-12-6-4-7-13-30/h4-17,23-24,27-29,35,37-39,42,53H,18-22,25-26,50H2,1-3H3,(H2,51,61)(H,52,55)(H,54,68)(H,56,67)(H,57,62)(H,58,65)(H,59,66)(H,60,64)/t29-,35+,37-,38-,39-,42-/m0/s1. The van der Waals surface area contributed by atoms with E-state index in [2.05, 4.69) is 46.9 Å². The lowest BCUT2D eigenvalue weighted by Crippen LogP contribution is -2.59. The molecule has 21 heteroatoms. The molecule has 7 amide bonds. The van der Waals surface area contributed by atoms with Crippen LogP contribution in [0.2, 0.25) is 0 Å². The van der Waals surface area contributed by atoms with Crippen LogP contribution in [0.5, 0.6) is 0 Å². The number of imidazole rings is 1. The number of ether oxygens (including phenoxy) is 1. The Morgan fingerprint density at radius 1 is 0.657 bits per heavy atom. The van der Waals surface area contributed by atoms with E-state index < -0.39 is 102 Å². The van der Waals surface area contributed by atoms with E-state index in [0.29, 0.717) is 16.8 Å². The summed E-state index contributed by atoms with van der Waals surface area (Å²) in [5.41, 5.74) is 14.8. The number of aromatic amines is 2. The summed E-state index contributed by atoms with van der Waals surface area (Å²) in [6, 6.07) is 17.3. The molecule has 6 atom stereocenters. The van der Waals surface area contributed by atoms with Gasteiger partial charge in [-0.15, -0.1) is 0 Å². The lowest BCUT2D eigenvalue weighted by molar-refractivity contribution is -0.156. The Morgan fingerprint density at radius 3 is 1.96 bits per heavy atom. The zero-order valence-corrected chi connectivity index (χ0v) is 39.0. The third-order valence-electron chi connectivity index (χ3n) is 11.1. The molecule has 0 saturated carbocycles. The Bertz CT molecular complexity index is 2600. The van der Waals surface area contributed by atoms with Crippen molar-refractivity contribution in [3.8, 4) is 0 Å². The largest absolute Gasteiger partial charge is 0.455 e. The van der Waals surface area contributed by atoms with Crippen molar-refractivity contribution < 1.29 is 47.9 Å². The summed E-state index contributed by atoms with van der Waals surface area (Å²) >= 11 is 0. The van der Waals surface area contributed by atoms with Gasteiger partial charge in [0.05, 0.1) is 24.6 Å². The van der Waals surface area contributed by atoms with Crippen molar-refractivity contribution in [1.82, 2.24) is 46.9 Å². The third kappa shape index (κ3) is 16.0. The van der Waals surface area contributed by atoms with Crippen LogP contribution in [0.25, 0.3) is 10.9 Å². The Kier molecular flexibility index (Phi) is 19.4. The number of primary amides is 1. The maximum absolute atomic E-state index is 14.1. The first-order chi connectivity index (χ1) is 33.5. The second kappa shape index (κ2) is 25.8. The average Bonchev–Trinajstić information content (AvgIpc) is 4.02. The molecule has 2 heterocycles. The van der Waals surface area contributed by atoms with Gasteiger partial charge in [0.15, 0.2) is 0 Å². The van der Waals surface area contributed by atoms with E-state index in [4.69, 9.17) is 16.2 Å². The maximum atomic E-state index is 14.1. The molecule has 0 aliphatic carbocycles. The molecular formula is C49H59N11O10. The van der Waals surface area contributed by atoms with Gasteiger partial charge in [-0.05, 0) is 48.4 Å². The van der Waals surface area contributed by atoms with Gasteiger partial charge in [-0.1, -0.05) is 92.7 Å². The summed E-state index contributed by atoms with van der Waals surface area (Å²) in [7, 11) is 0. The Labute approximate surface area is 403 Å². The van der Waals surface area contributed by atoms with E-state index in [1.165, 1.54) is 19.4 Å². The quantitative estimate of drug-likeness (QED) is 0.0260. The van der Waals surface area contributed by atoms with Gasteiger partial charge in [0, 0.05) is 42.6 Å². The fraction of sp³-hybridized carbons (Fsp3) is 0.347. The zero-order chi connectivity index (χ0) is 50.7. The van der Waals surface area contributed by atoms with E-state index in [-0.39, 0.29) is 38.7 Å². The number of H-pyrrole nitrogens is 2. The molecule has 5 rings (SSSR count). The van der Waals surface area contributed by atoms with Crippen molar-refractivity contribution in [2.24, 2.45) is 17.4 Å². The molecule has 2 aromatic heterocycles. The first-order valence-corrected chi connectivity index (χ1v) is 22.6. The van der Waals surface area contributed by atoms with Gasteiger partial charge in [-0.3, -0.25) is 38.4 Å². The van der Waals surface area contributed by atoms with E-state index in [1.54, 1.807) is 80.7 Å². The average molecular weight is 962 g/mol. The molecule has 0 saturated heterocycles. The normalized spacial score (nSPS) is 13.6. The smallest absolute Gasteiger partial charge is 0.377 e. The number of nitrogens with zero attached hydrogens (tertiary/aromatic N) is 1. The van der Waals surface area contributed by atoms with Crippen molar-refractivity contribution in [2.45, 2.75) is 95.7 Å². The minimum atomic E-state index is -1.39. The number of benzene rings is 3. The number of Topliss-reactive ketones (excluding diaryl/α,β-unsaturated/α-hetero) is 1. The number of para-hydroxylation sites is 1. The number of esters is 1. The molecule has 70 heavy (non-hydrogen) atoms. The van der Waals surface area contributed by atoms with Crippen LogP contribution in [0.3, 0.4) is 0 Å². The summed E-state index contributed by atoms with van der Waals surface area (Å²) < 4.78 is 5.18. The highest BCUT2D eigenvalue weighted by molar-refractivity contribution is 6.36. The van der Waals surface area contributed by atoms with Crippen molar-refractivity contribution in [2.75, 3.05) is 6.54 Å². The molecule has 5 aromatic rings. The van der Waals surface area contributed by atoms with Crippen LogP contribution in [0.1, 0.15) is 56.0 Å². The summed E-state index contributed by atoms with van der Waals surface area (Å²) in [5, 5.41) is 16.1. The lowest BCUT2D eigenvalue weighted by Gasteiger charge is -2.26. The van der Waals surface area contributed by atoms with E-state index in [0.717, 1.165) is 16.5 Å². The predicted octanol–water partition coefficient (Wildman–Crippen LogP) is 0.0403. The SMILES string of the molecule is CC(C)[C@H](NC(=O)[C@H](C)NC(=O)[C@H](Cc1c[nH]c2ccccc12)NC(=O)[C@H](CCC(N)=O)NC(=O)[C@H](N)Cc1ccccc1)C(=O)NCC(=O)N[C@@H](Cc1c[nH]cn1)C(=O)C(=O)OCc1ccccc1. The highest BCUT2D eigenvalue weighted by atomic mass is 16.5. The molecule has 0 radical (unpaired) electrons. The number of rotatable bonds is 26. The van der Waals surface area contributed by atoms with E-state index >= 15 is 0 Å². The molecule has 0 aliphatic heterocycles. The van der Waals surface area contributed by atoms with Crippen LogP contribution < -0.4 is 43.4 Å². The van der Waals surface area contributed by atoms with Crippen LogP contribution in [-0.4, -0.2) is 111 Å². The number of aromatic nitrogens is 3. The highest BCUT2D eigenvalue weighted by Gasteiger charge is 2.33. The van der Waals surface area contributed by atoms with Gasteiger partial charge in [0.2, 0.25) is 41.4 Å². The predicted molar refractivity (Wildman–Crippen MR) is 255 cm³/mol. The number of carbonyl (C=O) groups is 9. The van der Waals surface area contributed by atoms with Crippen molar-refractivity contribution in [1.29, 1.82) is 0 Å². The Balaban J connectivity index is 1.23. The fourth-order valence-corrected chi connectivity index (χ4v) is 7.27. The van der Waals surface area contributed by atoms with Crippen molar-refractivity contribution >= 4 is 64.0 Å². The molecular weight excluding hydrogens is 903 g/mol. The number of fused-ring (bicyclic) bond motifs is 1. The first kappa shape index (κ1) is 52.8. The van der Waals surface area contributed by atoms with Gasteiger partial charge >= 0.3 is 5.97 Å². The number of ketones is 1. The minimum absolute atomic E-state index is 0.0813. The number of nitrogens with one attached hydrogen (secondary N) is 8. The lowest BCUT2D eigenvalue weighted by atomic mass is 10.0. The van der Waals surface area contributed by atoms with Crippen LogP contribution in [0.15, 0.2) is 104 Å². The van der Waals surface area contributed by atoms with Crippen molar-refractivity contribution in [3.63, 3.8) is 0 Å². The number of nitrogens with two attached hydrogens (primary N) is 2. The number of hydrogen-bond acceptors (Lipinski definition) is 12. The van der Waals surface area contributed by atoms with Crippen molar-refractivity contribution in [3.05, 3.63) is 126 Å². The molecule has 0 bridgehead atoms. The molecule has 12 N–H and O–H groups in total. The topological polar surface area (TPSA) is 332 Å². The first-order valence-electron chi connectivity index (χ1n) is 22.6. The van der Waals surface area contributed by atoms with Crippen LogP contribution in [0, 0.1) is 5.92 Å². The Morgan fingerprint density at radius 2 is 1.30 bits per heavy atom. The zero-order valence-electron chi connectivity index (χ0n) is 39.0.